The zero-order valence-corrected chi connectivity index (χ0v) is 15.2. The van der Waals surface area contributed by atoms with E-state index in [0.717, 1.165) is 0 Å². The van der Waals surface area contributed by atoms with E-state index in [2.05, 4.69) is 25.6 Å². The maximum atomic E-state index is 2.32. The predicted octanol–water partition coefficient (Wildman–Crippen LogP) is 3.72. The van der Waals surface area contributed by atoms with Gasteiger partial charge in [0.05, 0.1) is 0 Å². The lowest BCUT2D eigenvalue weighted by Gasteiger charge is -2.01. The Balaban J connectivity index is 2.83. The van der Waals surface area contributed by atoms with Crippen molar-refractivity contribution in [2.24, 2.45) is 0 Å². The molecule has 3 heteroatoms. The third-order valence-corrected chi connectivity index (χ3v) is 8.60. The molecular formula is C13H32SSi2. The molecule has 16 heavy (non-hydrogen) atoms. The second-order valence-electron chi connectivity index (χ2n) is 4.79. The van der Waals surface area contributed by atoms with Crippen LogP contribution < -0.4 is 0 Å². The zero-order chi connectivity index (χ0) is 11.9. The molecule has 0 aromatic carbocycles. The van der Waals surface area contributed by atoms with E-state index in [4.69, 9.17) is 0 Å². The van der Waals surface area contributed by atoms with E-state index in [-0.39, 0.29) is 0 Å². The number of unbranched alkanes of at least 4 members (excludes halogenated alkanes) is 1. The van der Waals surface area contributed by atoms with Crippen molar-refractivity contribution >= 4 is 30.8 Å². The normalized spacial score (nSPS) is 12.4. The summed E-state index contributed by atoms with van der Waals surface area (Å²) in [5.41, 5.74) is 0. The van der Waals surface area contributed by atoms with Gasteiger partial charge in [-0.15, -0.1) is 0 Å². The van der Waals surface area contributed by atoms with E-state index in [1.807, 2.05) is 0 Å². The van der Waals surface area contributed by atoms with E-state index >= 15 is 0 Å². The monoisotopic (exact) mass is 276 g/mol. The summed E-state index contributed by atoms with van der Waals surface area (Å²) in [6, 6.07) is 6.37. The standard InChI is InChI=1S/C13H32SSi2/c1-3-10-15-12-6-5-8-14-9-7-13-16-11-4-2/h3-13,15-16H2,1-2H3. The van der Waals surface area contributed by atoms with Gasteiger partial charge in [-0.1, -0.05) is 57.3 Å². The Kier molecular flexibility index (Phi) is 16.6. The second kappa shape index (κ2) is 15.8. The molecule has 98 valence electrons. The molecule has 0 rings (SSSR count). The van der Waals surface area contributed by atoms with Crippen molar-refractivity contribution < 1.29 is 0 Å². The fraction of sp³-hybridized carbons (Fsp3) is 1.00. The molecule has 0 atom stereocenters. The van der Waals surface area contributed by atoms with Crippen molar-refractivity contribution in [3.05, 3.63) is 0 Å². The Morgan fingerprint density at radius 3 is 1.88 bits per heavy atom. The number of thioether (sulfide) groups is 1. The minimum atomic E-state index is 0.350. The number of rotatable bonds is 13. The van der Waals surface area contributed by atoms with Crippen LogP contribution >= 0.6 is 11.8 Å². The van der Waals surface area contributed by atoms with Crippen LogP contribution in [0, 0.1) is 0 Å². The van der Waals surface area contributed by atoms with Crippen molar-refractivity contribution in [3.63, 3.8) is 0 Å². The number of hydrogen-bond donors (Lipinski definition) is 0. The molecule has 0 aromatic heterocycles. The first kappa shape index (κ1) is 16.8. The van der Waals surface area contributed by atoms with Crippen LogP contribution in [0.25, 0.3) is 0 Å². The van der Waals surface area contributed by atoms with E-state index in [1.54, 1.807) is 24.2 Å². The Morgan fingerprint density at radius 1 is 0.688 bits per heavy atom. The SMILES string of the molecule is CCC[SiH2]CCCCSCCC[SiH2]CCC. The quantitative estimate of drug-likeness (QED) is 0.365. The lowest BCUT2D eigenvalue weighted by atomic mass is 10.4. The average Bonchev–Trinajstić information content (AvgIpc) is 2.31. The molecule has 0 saturated carbocycles. The molecule has 0 unspecified atom stereocenters. The fourth-order valence-corrected chi connectivity index (χ4v) is 6.29. The van der Waals surface area contributed by atoms with Gasteiger partial charge in [0.25, 0.3) is 0 Å². The van der Waals surface area contributed by atoms with Gasteiger partial charge in [-0.3, -0.25) is 0 Å². The fourth-order valence-electron chi connectivity index (χ4n) is 1.89. The van der Waals surface area contributed by atoms with Crippen LogP contribution in [-0.4, -0.2) is 30.5 Å². The van der Waals surface area contributed by atoms with Crippen LogP contribution in [0.3, 0.4) is 0 Å². The Labute approximate surface area is 112 Å². The molecule has 0 aliphatic rings. The van der Waals surface area contributed by atoms with Gasteiger partial charge in [0.15, 0.2) is 0 Å². The summed E-state index contributed by atoms with van der Waals surface area (Å²) in [7, 11) is 0.704. The Bertz CT molecular complexity index is 107. The molecular weight excluding hydrogens is 244 g/mol. The minimum absolute atomic E-state index is 0.350. The van der Waals surface area contributed by atoms with E-state index in [0.29, 0.717) is 19.0 Å². The lowest BCUT2D eigenvalue weighted by molar-refractivity contribution is 0.882. The topological polar surface area (TPSA) is 0 Å². The highest BCUT2D eigenvalue weighted by molar-refractivity contribution is 7.99. The third-order valence-electron chi connectivity index (χ3n) is 3.03. The Hall–Kier alpha value is 0.784. The molecule has 0 aliphatic heterocycles. The van der Waals surface area contributed by atoms with Crippen molar-refractivity contribution in [3.8, 4) is 0 Å². The summed E-state index contributed by atoms with van der Waals surface area (Å²) in [6.07, 6.45) is 7.41. The van der Waals surface area contributed by atoms with Crippen molar-refractivity contribution in [2.75, 3.05) is 11.5 Å². The van der Waals surface area contributed by atoms with E-state index < -0.39 is 0 Å². The van der Waals surface area contributed by atoms with Crippen LogP contribution in [0.15, 0.2) is 0 Å². The zero-order valence-electron chi connectivity index (χ0n) is 11.6. The highest BCUT2D eigenvalue weighted by Crippen LogP contribution is 2.10. The Morgan fingerprint density at radius 2 is 1.25 bits per heavy atom. The summed E-state index contributed by atoms with van der Waals surface area (Å²) in [6.45, 7) is 4.65. The van der Waals surface area contributed by atoms with E-state index in [1.165, 1.54) is 43.6 Å². The van der Waals surface area contributed by atoms with E-state index in [9.17, 15) is 0 Å². The van der Waals surface area contributed by atoms with Crippen LogP contribution in [0.5, 0.6) is 0 Å². The molecule has 0 saturated heterocycles. The van der Waals surface area contributed by atoms with Gasteiger partial charge >= 0.3 is 0 Å². The molecule has 0 radical (unpaired) electrons. The predicted molar refractivity (Wildman–Crippen MR) is 88.1 cm³/mol. The summed E-state index contributed by atoms with van der Waals surface area (Å²) in [5.74, 6) is 2.89. The van der Waals surface area contributed by atoms with Crippen molar-refractivity contribution in [1.82, 2.24) is 0 Å². The highest BCUT2D eigenvalue weighted by atomic mass is 32.2. The molecule has 0 heterocycles. The minimum Gasteiger partial charge on any atom is -0.162 e. The van der Waals surface area contributed by atoms with Gasteiger partial charge in [0, 0.05) is 19.0 Å². The lowest BCUT2D eigenvalue weighted by Crippen LogP contribution is -1.92. The third kappa shape index (κ3) is 14.8. The van der Waals surface area contributed by atoms with Gasteiger partial charge in [-0.05, 0) is 24.3 Å². The van der Waals surface area contributed by atoms with Gasteiger partial charge in [0.1, 0.15) is 0 Å². The molecule has 0 aliphatic carbocycles. The molecule has 0 bridgehead atoms. The average molecular weight is 277 g/mol. The van der Waals surface area contributed by atoms with Crippen molar-refractivity contribution in [1.29, 1.82) is 0 Å². The molecule has 0 fully saturated rings. The summed E-state index contributed by atoms with van der Waals surface area (Å²) >= 11 is 2.21. The first-order valence-electron chi connectivity index (χ1n) is 7.49. The van der Waals surface area contributed by atoms with Gasteiger partial charge < -0.3 is 0 Å². The summed E-state index contributed by atoms with van der Waals surface area (Å²) in [4.78, 5) is 0. The summed E-state index contributed by atoms with van der Waals surface area (Å²) in [5, 5.41) is 0. The van der Waals surface area contributed by atoms with Crippen LogP contribution in [-0.2, 0) is 0 Å². The van der Waals surface area contributed by atoms with Crippen LogP contribution in [0.1, 0.15) is 46.0 Å². The second-order valence-corrected chi connectivity index (χ2v) is 10.3. The smallest absolute Gasteiger partial charge is 0.0198 e. The largest absolute Gasteiger partial charge is 0.162 e. The first-order valence-corrected chi connectivity index (χ1v) is 12.6. The maximum Gasteiger partial charge on any atom is 0.0198 e. The highest BCUT2D eigenvalue weighted by Gasteiger charge is 1.93. The first-order chi connectivity index (χ1) is 7.91. The summed E-state index contributed by atoms with van der Waals surface area (Å²) < 4.78 is 0. The van der Waals surface area contributed by atoms with Gasteiger partial charge in [0.2, 0.25) is 0 Å². The molecule has 0 spiro atoms. The number of hydrogen-bond acceptors (Lipinski definition) is 1. The van der Waals surface area contributed by atoms with Crippen LogP contribution in [0.2, 0.25) is 24.2 Å². The molecule has 0 nitrogen and oxygen atoms in total. The van der Waals surface area contributed by atoms with Crippen LogP contribution in [0.4, 0.5) is 0 Å². The molecule has 0 N–H and O–H groups in total. The maximum absolute atomic E-state index is 2.32. The molecule has 0 amide bonds. The van der Waals surface area contributed by atoms with Crippen molar-refractivity contribution in [2.45, 2.75) is 70.1 Å². The van der Waals surface area contributed by atoms with Gasteiger partial charge in [-0.2, -0.15) is 11.8 Å². The van der Waals surface area contributed by atoms with Gasteiger partial charge in [-0.25, -0.2) is 0 Å². The molecule has 0 aromatic rings.